The number of rotatable bonds is 8. The molecule has 4 rings (SSSR count). The van der Waals surface area contributed by atoms with Crippen molar-refractivity contribution in [2.45, 2.75) is 33.7 Å². The number of allylic oxidation sites excluding steroid dienone is 1. The Hall–Kier alpha value is -3.98. The van der Waals surface area contributed by atoms with Crippen LogP contribution in [0.15, 0.2) is 69.6 Å². The molecule has 9 heteroatoms. The summed E-state index contributed by atoms with van der Waals surface area (Å²) in [5.41, 5.74) is 2.25. The van der Waals surface area contributed by atoms with E-state index in [0.29, 0.717) is 38.5 Å². The molecule has 1 aliphatic rings. The molecule has 0 saturated carbocycles. The molecule has 1 atom stereocenters. The van der Waals surface area contributed by atoms with E-state index in [0.717, 1.165) is 5.56 Å². The SMILES string of the molecule is CCOc1ccccc1C=c1sc2n(c1=O)C(c1ccc(C(=O)OC)cc1)C(C(=O)OCC(C)C)=C(C)N=2. The van der Waals surface area contributed by atoms with Crippen LogP contribution in [-0.2, 0) is 14.3 Å². The lowest BCUT2D eigenvalue weighted by Crippen LogP contribution is -2.40. The highest BCUT2D eigenvalue weighted by molar-refractivity contribution is 7.07. The lowest BCUT2D eigenvalue weighted by atomic mass is 9.95. The van der Waals surface area contributed by atoms with E-state index in [4.69, 9.17) is 14.2 Å². The van der Waals surface area contributed by atoms with E-state index in [1.54, 1.807) is 37.3 Å². The molecule has 0 aliphatic carbocycles. The van der Waals surface area contributed by atoms with Crippen molar-refractivity contribution in [2.75, 3.05) is 20.3 Å². The second-order valence-corrected chi connectivity index (χ2v) is 10.2. The first kappa shape index (κ1) is 27.1. The molecule has 0 N–H and O–H groups in total. The molecule has 1 aliphatic heterocycles. The average molecular weight is 535 g/mol. The fourth-order valence-corrected chi connectivity index (χ4v) is 5.20. The summed E-state index contributed by atoms with van der Waals surface area (Å²) in [6, 6.07) is 13.4. The van der Waals surface area contributed by atoms with Crippen LogP contribution in [0.1, 0.15) is 55.2 Å². The third-order valence-electron chi connectivity index (χ3n) is 5.94. The minimum absolute atomic E-state index is 0.143. The van der Waals surface area contributed by atoms with Crippen LogP contribution in [0.25, 0.3) is 6.08 Å². The van der Waals surface area contributed by atoms with Crippen molar-refractivity contribution >= 4 is 29.4 Å². The summed E-state index contributed by atoms with van der Waals surface area (Å²) >= 11 is 1.24. The van der Waals surface area contributed by atoms with E-state index in [9.17, 15) is 14.4 Å². The molecule has 0 bridgehead atoms. The second-order valence-electron chi connectivity index (χ2n) is 9.16. The average Bonchev–Trinajstić information content (AvgIpc) is 3.21. The molecule has 1 unspecified atom stereocenters. The Bertz CT molecular complexity index is 1560. The summed E-state index contributed by atoms with van der Waals surface area (Å²) in [6.45, 7) is 8.28. The van der Waals surface area contributed by atoms with Crippen LogP contribution in [0.5, 0.6) is 5.75 Å². The van der Waals surface area contributed by atoms with Gasteiger partial charge in [0.25, 0.3) is 5.56 Å². The fourth-order valence-electron chi connectivity index (χ4n) is 4.17. The van der Waals surface area contributed by atoms with Crippen molar-refractivity contribution in [2.24, 2.45) is 10.9 Å². The van der Waals surface area contributed by atoms with Gasteiger partial charge in [0, 0.05) is 5.56 Å². The van der Waals surface area contributed by atoms with Gasteiger partial charge >= 0.3 is 11.9 Å². The molecule has 0 amide bonds. The van der Waals surface area contributed by atoms with Crippen molar-refractivity contribution in [3.05, 3.63) is 96.2 Å². The summed E-state index contributed by atoms with van der Waals surface area (Å²) < 4.78 is 18.1. The highest BCUT2D eigenvalue weighted by Gasteiger charge is 2.33. The van der Waals surface area contributed by atoms with E-state index in [1.807, 2.05) is 45.0 Å². The van der Waals surface area contributed by atoms with Crippen LogP contribution in [0, 0.1) is 5.92 Å². The van der Waals surface area contributed by atoms with Gasteiger partial charge in [-0.2, -0.15) is 0 Å². The molecule has 0 spiro atoms. The predicted molar refractivity (Wildman–Crippen MR) is 145 cm³/mol. The van der Waals surface area contributed by atoms with Gasteiger partial charge in [0.1, 0.15) is 5.75 Å². The van der Waals surface area contributed by atoms with Crippen LogP contribution in [0.3, 0.4) is 0 Å². The van der Waals surface area contributed by atoms with Gasteiger partial charge < -0.3 is 14.2 Å². The van der Waals surface area contributed by atoms with Crippen LogP contribution < -0.4 is 19.6 Å². The number of esters is 2. The third kappa shape index (κ3) is 5.47. The Labute approximate surface area is 224 Å². The highest BCUT2D eigenvalue weighted by Crippen LogP contribution is 2.31. The first-order valence-corrected chi connectivity index (χ1v) is 13.2. The first-order chi connectivity index (χ1) is 18.2. The number of benzene rings is 2. The van der Waals surface area contributed by atoms with Crippen molar-refractivity contribution in [1.82, 2.24) is 4.57 Å². The van der Waals surface area contributed by atoms with Crippen LogP contribution >= 0.6 is 11.3 Å². The number of ether oxygens (including phenoxy) is 3. The Morgan fingerprint density at radius 3 is 2.47 bits per heavy atom. The molecule has 0 fully saturated rings. The molecule has 38 heavy (non-hydrogen) atoms. The van der Waals surface area contributed by atoms with Gasteiger partial charge in [-0.05, 0) is 49.6 Å². The smallest absolute Gasteiger partial charge is 0.338 e. The van der Waals surface area contributed by atoms with Crippen LogP contribution in [0.4, 0.5) is 0 Å². The maximum atomic E-state index is 13.8. The summed E-state index contributed by atoms with van der Waals surface area (Å²) in [6.07, 6.45) is 1.78. The topological polar surface area (TPSA) is 96.2 Å². The molecule has 1 aromatic heterocycles. The molecule has 0 radical (unpaired) electrons. The zero-order valence-corrected chi connectivity index (χ0v) is 22.8. The van der Waals surface area contributed by atoms with Gasteiger partial charge in [0.05, 0.1) is 47.7 Å². The number of para-hydroxylation sites is 1. The van der Waals surface area contributed by atoms with E-state index in [2.05, 4.69) is 4.99 Å². The van der Waals surface area contributed by atoms with Crippen molar-refractivity contribution < 1.29 is 23.8 Å². The minimum Gasteiger partial charge on any atom is -0.493 e. The monoisotopic (exact) mass is 534 g/mol. The molecule has 3 aromatic rings. The quantitative estimate of drug-likeness (QED) is 0.410. The molecular weight excluding hydrogens is 504 g/mol. The summed E-state index contributed by atoms with van der Waals surface area (Å²) in [7, 11) is 1.31. The van der Waals surface area contributed by atoms with Gasteiger partial charge in [-0.1, -0.05) is 55.5 Å². The van der Waals surface area contributed by atoms with E-state index in [1.165, 1.54) is 23.0 Å². The van der Waals surface area contributed by atoms with E-state index >= 15 is 0 Å². The number of aromatic nitrogens is 1. The van der Waals surface area contributed by atoms with Crippen molar-refractivity contribution in [3.63, 3.8) is 0 Å². The zero-order chi connectivity index (χ0) is 27.4. The molecule has 8 nitrogen and oxygen atoms in total. The molecule has 2 heterocycles. The summed E-state index contributed by atoms with van der Waals surface area (Å²) in [5.74, 6) is -0.191. The lowest BCUT2D eigenvalue weighted by Gasteiger charge is -2.25. The van der Waals surface area contributed by atoms with E-state index < -0.39 is 18.0 Å². The number of nitrogens with zero attached hydrogens (tertiary/aromatic N) is 2. The number of carbonyl (C=O) groups excluding carboxylic acids is 2. The number of hydrogen-bond acceptors (Lipinski definition) is 8. The third-order valence-corrected chi connectivity index (χ3v) is 6.93. The Morgan fingerprint density at radius 2 is 1.82 bits per heavy atom. The van der Waals surface area contributed by atoms with Gasteiger partial charge in [0.15, 0.2) is 4.80 Å². The normalized spacial score (nSPS) is 15.2. The number of carbonyl (C=O) groups is 2. The molecule has 2 aromatic carbocycles. The molecular formula is C29H30N2O6S. The summed E-state index contributed by atoms with van der Waals surface area (Å²) in [4.78, 5) is 44.2. The van der Waals surface area contributed by atoms with Gasteiger partial charge in [-0.15, -0.1) is 0 Å². The van der Waals surface area contributed by atoms with E-state index in [-0.39, 0.29) is 23.7 Å². The number of hydrogen-bond donors (Lipinski definition) is 0. The molecule has 0 saturated heterocycles. The predicted octanol–water partition coefficient (Wildman–Crippen LogP) is 3.62. The maximum Gasteiger partial charge on any atom is 0.338 e. The Balaban J connectivity index is 1.90. The lowest BCUT2D eigenvalue weighted by molar-refractivity contribution is -0.140. The maximum absolute atomic E-state index is 13.8. The number of fused-ring (bicyclic) bond motifs is 1. The number of methoxy groups -OCH3 is 1. The van der Waals surface area contributed by atoms with Gasteiger partial charge in [-0.25, -0.2) is 14.6 Å². The highest BCUT2D eigenvalue weighted by atomic mass is 32.1. The van der Waals surface area contributed by atoms with Crippen molar-refractivity contribution in [3.8, 4) is 5.75 Å². The van der Waals surface area contributed by atoms with Crippen molar-refractivity contribution in [1.29, 1.82) is 0 Å². The van der Waals surface area contributed by atoms with Gasteiger partial charge in [-0.3, -0.25) is 9.36 Å². The second kappa shape index (κ2) is 11.6. The number of thiazole rings is 1. The molecule has 198 valence electrons. The first-order valence-electron chi connectivity index (χ1n) is 12.3. The zero-order valence-electron chi connectivity index (χ0n) is 22.0. The largest absolute Gasteiger partial charge is 0.493 e. The standard InChI is InChI=1S/C29H30N2O6S/c1-6-36-22-10-8-7-9-21(22)15-23-26(32)31-25(19-11-13-20(14-12-19)27(33)35-5)24(18(4)30-29(31)38-23)28(34)37-16-17(2)3/h7-15,17,25H,6,16H2,1-5H3. The minimum atomic E-state index is -0.776. The van der Waals surface area contributed by atoms with Crippen LogP contribution in [-0.4, -0.2) is 36.8 Å². The summed E-state index contributed by atoms with van der Waals surface area (Å²) in [5, 5.41) is 0. The fraction of sp³-hybridized carbons (Fsp3) is 0.310. The van der Waals surface area contributed by atoms with Gasteiger partial charge in [0.2, 0.25) is 0 Å². The Kier molecular flexibility index (Phi) is 8.26. The van der Waals surface area contributed by atoms with Crippen LogP contribution in [0.2, 0.25) is 0 Å². The Morgan fingerprint density at radius 1 is 1.11 bits per heavy atom.